The van der Waals surface area contributed by atoms with Crippen molar-refractivity contribution in [2.45, 2.75) is 57.9 Å². The van der Waals surface area contributed by atoms with E-state index in [4.69, 9.17) is 4.74 Å². The fraction of sp³-hybridized carbons (Fsp3) is 0.579. The first kappa shape index (κ1) is 16.1. The Morgan fingerprint density at radius 1 is 1.29 bits per heavy atom. The number of methoxy groups -OCH3 is 1. The van der Waals surface area contributed by atoms with E-state index in [0.717, 1.165) is 31.6 Å². The lowest BCUT2D eigenvalue weighted by Crippen LogP contribution is -2.38. The Morgan fingerprint density at radius 3 is 2.86 bits per heavy atom. The summed E-state index contributed by atoms with van der Waals surface area (Å²) in [6.07, 6.45) is 10.4. The normalized spacial score (nSPS) is 21.5. The second-order valence-corrected chi connectivity index (χ2v) is 5.85. The molecule has 0 spiro atoms. The van der Waals surface area contributed by atoms with Crippen LogP contribution in [0.4, 0.5) is 0 Å². The van der Waals surface area contributed by atoms with E-state index >= 15 is 0 Å². The average Bonchev–Trinajstić information content (AvgIpc) is 2.53. The van der Waals surface area contributed by atoms with Gasteiger partial charge in [-0.25, -0.2) is 0 Å². The number of nitrogens with one attached hydrogen (secondary N) is 1. The van der Waals surface area contributed by atoms with Crippen molar-refractivity contribution < 1.29 is 4.74 Å². The number of rotatable bonds is 7. The maximum atomic E-state index is 5.65. The minimum absolute atomic E-state index is 0.527. The highest BCUT2D eigenvalue weighted by Crippen LogP contribution is 2.40. The maximum absolute atomic E-state index is 5.65. The van der Waals surface area contributed by atoms with Gasteiger partial charge in [-0.2, -0.15) is 0 Å². The lowest BCUT2D eigenvalue weighted by Gasteiger charge is -2.35. The number of hydrogen-bond donors (Lipinski definition) is 1. The van der Waals surface area contributed by atoms with Crippen molar-refractivity contribution in [3.05, 3.63) is 41.5 Å². The second kappa shape index (κ2) is 8.23. The number of hydrogen-bond acceptors (Lipinski definition) is 2. The molecule has 0 aliphatic heterocycles. The summed E-state index contributed by atoms with van der Waals surface area (Å²) in [7, 11) is 1.79. The fourth-order valence-electron chi connectivity index (χ4n) is 3.39. The molecule has 2 rings (SSSR count). The van der Waals surface area contributed by atoms with Crippen LogP contribution in [0.25, 0.3) is 0 Å². The molecule has 21 heavy (non-hydrogen) atoms. The van der Waals surface area contributed by atoms with Gasteiger partial charge in [-0.3, -0.25) is 0 Å². The third kappa shape index (κ3) is 3.88. The lowest BCUT2D eigenvalue weighted by molar-refractivity contribution is 0.359. The van der Waals surface area contributed by atoms with E-state index < -0.39 is 0 Å². The van der Waals surface area contributed by atoms with Crippen LogP contribution in [-0.2, 0) is 6.42 Å². The molecular weight excluding hydrogens is 258 g/mol. The van der Waals surface area contributed by atoms with E-state index in [1.165, 1.54) is 24.0 Å². The smallest absolute Gasteiger partial charge is 0.122 e. The third-order valence-corrected chi connectivity index (χ3v) is 4.41. The van der Waals surface area contributed by atoms with Gasteiger partial charge < -0.3 is 10.1 Å². The summed E-state index contributed by atoms with van der Waals surface area (Å²) >= 11 is 0. The molecule has 1 N–H and O–H groups in total. The first-order valence-corrected chi connectivity index (χ1v) is 8.35. The van der Waals surface area contributed by atoms with Crippen LogP contribution in [0.2, 0.25) is 0 Å². The third-order valence-electron chi connectivity index (χ3n) is 4.41. The molecule has 0 fully saturated rings. The number of fused-ring (bicyclic) bond motifs is 1. The average molecular weight is 287 g/mol. The number of allylic oxidation sites excluding steroid dienone is 2. The van der Waals surface area contributed by atoms with E-state index in [1.54, 1.807) is 7.11 Å². The maximum Gasteiger partial charge on any atom is 0.122 e. The Kier molecular flexibility index (Phi) is 6.31. The molecule has 2 heteroatoms. The van der Waals surface area contributed by atoms with Crippen molar-refractivity contribution in [1.82, 2.24) is 5.32 Å². The van der Waals surface area contributed by atoms with Gasteiger partial charge >= 0.3 is 0 Å². The Balaban J connectivity index is 2.29. The Bertz CT molecular complexity index is 452. The van der Waals surface area contributed by atoms with Gasteiger partial charge in [0.15, 0.2) is 0 Å². The van der Waals surface area contributed by atoms with E-state index in [0.29, 0.717) is 12.0 Å². The van der Waals surface area contributed by atoms with Gasteiger partial charge in [-0.15, -0.1) is 0 Å². The summed E-state index contributed by atoms with van der Waals surface area (Å²) < 4.78 is 5.65. The van der Waals surface area contributed by atoms with Crippen LogP contribution in [0, 0.1) is 0 Å². The largest absolute Gasteiger partial charge is 0.496 e. The topological polar surface area (TPSA) is 21.3 Å². The van der Waals surface area contributed by atoms with Crippen LogP contribution in [0.15, 0.2) is 30.4 Å². The molecule has 0 amide bonds. The van der Waals surface area contributed by atoms with Gasteiger partial charge in [-0.1, -0.05) is 38.1 Å². The van der Waals surface area contributed by atoms with Crippen LogP contribution in [0.3, 0.4) is 0 Å². The highest BCUT2D eigenvalue weighted by atomic mass is 16.5. The summed E-state index contributed by atoms with van der Waals surface area (Å²) in [6.45, 7) is 5.53. The molecule has 1 aromatic carbocycles. The monoisotopic (exact) mass is 287 g/mol. The SMILES string of the molecule is CC/C=C/CC1c2c(cccc2OC)CCC1NCCC. The summed E-state index contributed by atoms with van der Waals surface area (Å²) in [5.41, 5.74) is 2.90. The van der Waals surface area contributed by atoms with Crippen LogP contribution >= 0.6 is 0 Å². The lowest BCUT2D eigenvalue weighted by atomic mass is 9.77. The molecule has 0 saturated carbocycles. The molecule has 1 aliphatic carbocycles. The number of aryl methyl sites for hydroxylation is 1. The van der Waals surface area contributed by atoms with E-state index in [-0.39, 0.29) is 0 Å². The number of benzene rings is 1. The van der Waals surface area contributed by atoms with Crippen molar-refractivity contribution in [1.29, 1.82) is 0 Å². The summed E-state index contributed by atoms with van der Waals surface area (Å²) in [5, 5.41) is 3.75. The zero-order valence-corrected chi connectivity index (χ0v) is 13.7. The van der Waals surface area contributed by atoms with Gasteiger partial charge in [0.2, 0.25) is 0 Å². The predicted octanol–water partition coefficient (Wildman–Crippen LogP) is 4.45. The molecular formula is C19H29NO. The molecule has 0 heterocycles. The molecule has 116 valence electrons. The highest BCUT2D eigenvalue weighted by molar-refractivity contribution is 5.45. The van der Waals surface area contributed by atoms with E-state index in [9.17, 15) is 0 Å². The predicted molar refractivity (Wildman–Crippen MR) is 90.2 cm³/mol. The molecule has 2 atom stereocenters. The standard InChI is InChI=1S/C19H29NO/c1-4-6-7-10-16-17(20-14-5-2)13-12-15-9-8-11-18(21-3)19(15)16/h6-9,11,16-17,20H,4-5,10,12-14H2,1-3H3/b7-6+. The highest BCUT2D eigenvalue weighted by Gasteiger charge is 2.30. The van der Waals surface area contributed by atoms with Gasteiger partial charge in [0.1, 0.15) is 5.75 Å². The van der Waals surface area contributed by atoms with Gasteiger partial charge in [0.25, 0.3) is 0 Å². The fourth-order valence-corrected chi connectivity index (χ4v) is 3.39. The van der Waals surface area contributed by atoms with E-state index in [2.05, 4.69) is 49.5 Å². The van der Waals surface area contributed by atoms with Gasteiger partial charge in [0.05, 0.1) is 7.11 Å². The molecule has 1 aliphatic rings. The van der Waals surface area contributed by atoms with Crippen LogP contribution in [-0.4, -0.2) is 19.7 Å². The first-order chi connectivity index (χ1) is 10.3. The van der Waals surface area contributed by atoms with Crippen molar-refractivity contribution in [3.8, 4) is 5.75 Å². The zero-order valence-electron chi connectivity index (χ0n) is 13.7. The zero-order chi connectivity index (χ0) is 15.1. The van der Waals surface area contributed by atoms with Crippen molar-refractivity contribution in [2.75, 3.05) is 13.7 Å². The van der Waals surface area contributed by atoms with Gasteiger partial charge in [0, 0.05) is 17.5 Å². The molecule has 0 saturated heterocycles. The molecule has 2 nitrogen and oxygen atoms in total. The quantitative estimate of drug-likeness (QED) is 0.748. The van der Waals surface area contributed by atoms with Crippen molar-refractivity contribution in [3.63, 3.8) is 0 Å². The Morgan fingerprint density at radius 2 is 2.14 bits per heavy atom. The summed E-state index contributed by atoms with van der Waals surface area (Å²) in [4.78, 5) is 0. The molecule has 2 unspecified atom stereocenters. The Labute approximate surface area is 129 Å². The van der Waals surface area contributed by atoms with Crippen LogP contribution < -0.4 is 10.1 Å². The minimum Gasteiger partial charge on any atom is -0.496 e. The summed E-state index contributed by atoms with van der Waals surface area (Å²) in [6, 6.07) is 7.06. The number of ether oxygens (including phenoxy) is 1. The van der Waals surface area contributed by atoms with E-state index in [1.807, 2.05) is 0 Å². The molecule has 0 aromatic heterocycles. The molecule has 0 radical (unpaired) electrons. The van der Waals surface area contributed by atoms with Gasteiger partial charge in [-0.05, 0) is 50.3 Å². The molecule has 1 aromatic rings. The minimum atomic E-state index is 0.527. The van der Waals surface area contributed by atoms with Crippen molar-refractivity contribution in [2.24, 2.45) is 0 Å². The molecule has 0 bridgehead atoms. The van der Waals surface area contributed by atoms with Crippen LogP contribution in [0.1, 0.15) is 56.6 Å². The second-order valence-electron chi connectivity index (χ2n) is 5.85. The Hall–Kier alpha value is -1.28. The summed E-state index contributed by atoms with van der Waals surface area (Å²) in [5.74, 6) is 1.59. The van der Waals surface area contributed by atoms with Crippen molar-refractivity contribution >= 4 is 0 Å². The van der Waals surface area contributed by atoms with Crippen LogP contribution in [0.5, 0.6) is 5.75 Å². The first-order valence-electron chi connectivity index (χ1n) is 8.35.